The molecule has 4 atom stereocenters. The number of hydrogen-bond donors (Lipinski definition) is 4. The quantitative estimate of drug-likeness (QED) is 0.0975. The normalized spacial score (nSPS) is 20.5. The molecule has 9 rings (SSSR count). The summed E-state index contributed by atoms with van der Waals surface area (Å²) >= 11 is 0. The number of alkyl halides is 2. The molecule has 14 nitrogen and oxygen atoms in total. The van der Waals surface area contributed by atoms with Crippen molar-refractivity contribution in [3.63, 3.8) is 0 Å². The molecule has 4 aliphatic rings. The van der Waals surface area contributed by atoms with Crippen molar-refractivity contribution in [3.8, 4) is 33.5 Å². The van der Waals surface area contributed by atoms with Gasteiger partial charge >= 0.3 is 12.2 Å². The number of aromatic amines is 2. The fourth-order valence-electron chi connectivity index (χ4n) is 9.81. The second-order valence-corrected chi connectivity index (χ2v) is 18.2. The molecule has 330 valence electrons. The number of amides is 4. The number of methoxy groups -OCH3 is 2. The molecule has 2 bridgehead atoms. The predicted octanol–water partition coefficient (Wildman–Crippen LogP) is 8.05. The number of carbonyl (C=O) groups excluding carboxylic acids is 4. The number of rotatable bonds is 12. The van der Waals surface area contributed by atoms with Gasteiger partial charge in [-0.25, -0.2) is 19.6 Å². The van der Waals surface area contributed by atoms with Crippen molar-refractivity contribution in [2.24, 2.45) is 17.3 Å². The molecule has 1 unspecified atom stereocenters. The number of hydrogen-bond acceptors (Lipinski definition) is 8. The van der Waals surface area contributed by atoms with Crippen LogP contribution in [0.3, 0.4) is 0 Å². The van der Waals surface area contributed by atoms with Crippen molar-refractivity contribution in [3.05, 3.63) is 83.6 Å². The van der Waals surface area contributed by atoms with E-state index in [-0.39, 0.29) is 65.4 Å². The number of fused-ring (bicyclic) bond motifs is 6. The molecular weight excluding hydrogens is 811 g/mol. The zero-order chi connectivity index (χ0) is 44.4. The van der Waals surface area contributed by atoms with Crippen LogP contribution in [0.15, 0.2) is 60.8 Å². The average molecular weight is 863 g/mol. The van der Waals surface area contributed by atoms with E-state index < -0.39 is 24.2 Å². The number of likely N-dealkylation sites (tertiary alicyclic amines) is 1. The van der Waals surface area contributed by atoms with Gasteiger partial charge in [-0.15, -0.1) is 0 Å². The first-order valence-corrected chi connectivity index (χ1v) is 21.6. The van der Waals surface area contributed by atoms with E-state index in [9.17, 15) is 19.2 Å². The number of benzene rings is 3. The number of ether oxygens (including phenoxy) is 2. The van der Waals surface area contributed by atoms with Crippen LogP contribution in [0.5, 0.6) is 0 Å². The smallest absolute Gasteiger partial charge is 0.407 e. The zero-order valence-corrected chi connectivity index (χ0v) is 36.0. The molecule has 1 aliphatic heterocycles. The fraction of sp³-hybridized carbons (Fsp3) is 0.447. The van der Waals surface area contributed by atoms with Crippen LogP contribution in [0.4, 0.5) is 18.4 Å². The predicted molar refractivity (Wildman–Crippen MR) is 230 cm³/mol. The molecule has 3 aliphatic carbocycles. The lowest BCUT2D eigenvalue weighted by Crippen LogP contribution is -2.53. The van der Waals surface area contributed by atoms with Gasteiger partial charge in [-0.1, -0.05) is 57.5 Å². The molecule has 2 aromatic heterocycles. The zero-order valence-electron chi connectivity index (χ0n) is 36.0. The lowest BCUT2D eigenvalue weighted by Gasteiger charge is -2.33. The summed E-state index contributed by atoms with van der Waals surface area (Å²) in [5, 5.41) is 5.19. The van der Waals surface area contributed by atoms with Crippen LogP contribution in [0.1, 0.15) is 88.1 Å². The van der Waals surface area contributed by atoms with Gasteiger partial charge < -0.3 is 39.9 Å². The van der Waals surface area contributed by atoms with Gasteiger partial charge in [0.15, 0.2) is 0 Å². The third kappa shape index (κ3) is 7.88. The maximum Gasteiger partial charge on any atom is 0.407 e. The van der Waals surface area contributed by atoms with Gasteiger partial charge in [0.25, 0.3) is 5.92 Å². The standard InChI is InChI=1S/C47H52F2N8O6/c1-25(2)40(55-45(61)63-5)43(59)57-30-8-6-7-29(17-30)41(57)42-53-35-14-11-27(20-36(35)54-42)26-9-12-31-32-13-10-28(19-34(32)47(48,49)33(31)18-26)37-21-50-38(52-37)23-56(24-46(3)15-16-46)39(58)22-51-44(60)62-4/h9-14,18-21,25,29-30,40-41H,6-8,15-17,22-24H2,1-5H3,(H,50,52)(H,51,60)(H,53,54)(H,55,61)/t29-,30+,40?,41-/m0/s1. The highest BCUT2D eigenvalue weighted by molar-refractivity contribution is 5.89. The second-order valence-electron chi connectivity index (χ2n) is 18.2. The lowest BCUT2D eigenvalue weighted by molar-refractivity contribution is -0.138. The number of aromatic nitrogens is 4. The Morgan fingerprint density at radius 2 is 1.60 bits per heavy atom. The van der Waals surface area contributed by atoms with Crippen LogP contribution < -0.4 is 10.6 Å². The molecular formula is C47H52F2N8O6. The molecule has 2 saturated carbocycles. The number of halogens is 2. The Balaban J connectivity index is 0.948. The van der Waals surface area contributed by atoms with Crippen molar-refractivity contribution in [2.45, 2.75) is 89.9 Å². The Morgan fingerprint density at radius 3 is 2.30 bits per heavy atom. The molecule has 4 amide bonds. The van der Waals surface area contributed by atoms with Gasteiger partial charge in [0.1, 0.15) is 24.2 Å². The van der Waals surface area contributed by atoms with Crippen LogP contribution in [0.2, 0.25) is 0 Å². The molecule has 5 aromatic rings. The summed E-state index contributed by atoms with van der Waals surface area (Å²) < 4.78 is 42.6. The van der Waals surface area contributed by atoms with E-state index in [1.165, 1.54) is 20.3 Å². The largest absolute Gasteiger partial charge is 0.453 e. The van der Waals surface area contributed by atoms with Crippen molar-refractivity contribution in [1.82, 2.24) is 40.4 Å². The summed E-state index contributed by atoms with van der Waals surface area (Å²) in [7, 11) is 2.51. The minimum Gasteiger partial charge on any atom is -0.453 e. The highest BCUT2D eigenvalue weighted by Gasteiger charge is 2.50. The summed E-state index contributed by atoms with van der Waals surface area (Å²) in [5.74, 6) is -2.51. The number of nitrogens with one attached hydrogen (secondary N) is 4. The van der Waals surface area contributed by atoms with Crippen LogP contribution in [-0.4, -0.2) is 93.1 Å². The molecule has 3 heterocycles. The first-order valence-electron chi connectivity index (χ1n) is 21.6. The number of imidazole rings is 2. The Morgan fingerprint density at radius 1 is 0.921 bits per heavy atom. The number of alkyl carbamates (subject to hydrolysis) is 2. The first-order chi connectivity index (χ1) is 30.2. The van der Waals surface area contributed by atoms with Gasteiger partial charge in [0, 0.05) is 29.3 Å². The summed E-state index contributed by atoms with van der Waals surface area (Å²) in [6, 6.07) is 14.8. The highest BCUT2D eigenvalue weighted by atomic mass is 19.3. The molecule has 3 fully saturated rings. The van der Waals surface area contributed by atoms with Crippen molar-refractivity contribution < 1.29 is 37.4 Å². The lowest BCUT2D eigenvalue weighted by atomic mass is 9.87. The van der Waals surface area contributed by atoms with Gasteiger partial charge in [0.2, 0.25) is 11.8 Å². The van der Waals surface area contributed by atoms with E-state index in [4.69, 9.17) is 9.72 Å². The van der Waals surface area contributed by atoms with Crippen LogP contribution in [0.25, 0.3) is 44.5 Å². The topological polar surface area (TPSA) is 175 Å². The Kier molecular flexibility index (Phi) is 10.7. The molecule has 0 spiro atoms. The van der Waals surface area contributed by atoms with Gasteiger partial charge in [0.05, 0.1) is 49.7 Å². The van der Waals surface area contributed by atoms with E-state index >= 15 is 8.78 Å². The minimum absolute atomic E-state index is 0.00307. The number of nitrogens with zero attached hydrogens (tertiary/aromatic N) is 4. The highest BCUT2D eigenvalue weighted by Crippen LogP contribution is 2.53. The summed E-state index contributed by atoms with van der Waals surface area (Å²) in [6.45, 7) is 6.33. The van der Waals surface area contributed by atoms with Gasteiger partial charge in [-0.2, -0.15) is 8.78 Å². The maximum atomic E-state index is 16.6. The maximum absolute atomic E-state index is 16.6. The minimum atomic E-state index is -3.28. The Hall–Kier alpha value is -6.32. The van der Waals surface area contributed by atoms with Crippen molar-refractivity contribution in [2.75, 3.05) is 27.3 Å². The van der Waals surface area contributed by atoms with E-state index in [1.54, 1.807) is 35.4 Å². The average Bonchev–Trinajstić information content (AvgIpc) is 3.56. The summed E-state index contributed by atoms with van der Waals surface area (Å²) in [4.78, 5) is 70.9. The Bertz CT molecular complexity index is 2620. The van der Waals surface area contributed by atoms with Gasteiger partial charge in [-0.05, 0) is 95.9 Å². The molecule has 1 saturated heterocycles. The first kappa shape index (κ1) is 42.0. The second kappa shape index (κ2) is 16.1. The number of H-pyrrole nitrogens is 2. The van der Waals surface area contributed by atoms with Crippen LogP contribution in [0, 0.1) is 17.3 Å². The van der Waals surface area contributed by atoms with E-state index in [0.717, 1.165) is 49.6 Å². The molecule has 63 heavy (non-hydrogen) atoms. The van der Waals surface area contributed by atoms with Crippen molar-refractivity contribution >= 4 is 35.0 Å². The monoisotopic (exact) mass is 862 g/mol. The molecule has 4 N–H and O–H groups in total. The molecule has 0 radical (unpaired) electrons. The third-order valence-corrected chi connectivity index (χ3v) is 13.5. The van der Waals surface area contributed by atoms with Crippen LogP contribution >= 0.6 is 0 Å². The van der Waals surface area contributed by atoms with E-state index in [0.29, 0.717) is 51.7 Å². The van der Waals surface area contributed by atoms with E-state index in [2.05, 4.69) is 37.2 Å². The molecule has 3 aromatic carbocycles. The van der Waals surface area contributed by atoms with Crippen LogP contribution in [-0.2, 0) is 31.5 Å². The van der Waals surface area contributed by atoms with E-state index in [1.807, 2.05) is 43.0 Å². The van der Waals surface area contributed by atoms with Gasteiger partial charge in [-0.3, -0.25) is 9.59 Å². The SMILES string of the molecule is COC(=O)NCC(=O)N(Cc1ncc(-c2ccc3c(c2)C(F)(F)c2cc(-c4ccc5nc([C@@H]6[C@H]7CCC[C@H](C7)N6C(=O)C(NC(=O)OC)C(C)C)[nH]c5c4)ccc2-3)[nH]1)CC1(C)CC1. The number of carbonyl (C=O) groups is 4. The summed E-state index contributed by atoms with van der Waals surface area (Å²) in [5.41, 5.74) is 4.59. The summed E-state index contributed by atoms with van der Waals surface area (Å²) in [6.07, 6.45) is 5.90. The Labute approximate surface area is 363 Å². The third-order valence-electron chi connectivity index (χ3n) is 13.5. The fourth-order valence-corrected chi connectivity index (χ4v) is 9.81. The van der Waals surface area contributed by atoms with Crippen molar-refractivity contribution in [1.29, 1.82) is 0 Å². The molecule has 16 heteroatoms.